The van der Waals surface area contributed by atoms with Gasteiger partial charge in [0.05, 0.1) is 12.5 Å². The van der Waals surface area contributed by atoms with Gasteiger partial charge >= 0.3 is 0 Å². The van der Waals surface area contributed by atoms with Crippen molar-refractivity contribution in [2.75, 3.05) is 6.61 Å². The van der Waals surface area contributed by atoms with Gasteiger partial charge in [0.25, 0.3) is 0 Å². The van der Waals surface area contributed by atoms with Crippen molar-refractivity contribution in [1.29, 1.82) is 0 Å². The van der Waals surface area contributed by atoms with Crippen molar-refractivity contribution in [3.05, 3.63) is 12.2 Å². The number of carbonyl (C=O) groups excluding carboxylic acids is 3. The number of aliphatic hydroxyl groups excluding tert-OH is 3. The summed E-state index contributed by atoms with van der Waals surface area (Å²) in [5.74, 6) is -0.281. The Kier molecular flexibility index (Phi) is 47.0. The van der Waals surface area contributed by atoms with E-state index in [1.165, 1.54) is 199 Å². The van der Waals surface area contributed by atoms with Crippen LogP contribution >= 0.6 is 0 Å². The Morgan fingerprint density at radius 1 is 0.361 bits per heavy atom. The predicted octanol–water partition coefficient (Wildman–Crippen LogP) is 15.8. The molecule has 3 unspecified atom stereocenters. The number of aliphatic hydroxyl groups is 3. The van der Waals surface area contributed by atoms with Crippen LogP contribution in [0.4, 0.5) is 0 Å². The van der Waals surface area contributed by atoms with Crippen LogP contribution < -0.4 is 0 Å². The molecule has 0 heterocycles. The van der Waals surface area contributed by atoms with E-state index in [1.54, 1.807) is 0 Å². The fraction of sp³-hybridized carbons (Fsp3) is 0.909. The Labute approximate surface area is 379 Å². The van der Waals surface area contributed by atoms with Gasteiger partial charge in [0, 0.05) is 19.3 Å². The maximum atomic E-state index is 13.4. The first kappa shape index (κ1) is 59.6. The number of carbonyl (C=O) groups is 3. The molecule has 6 nitrogen and oxygen atoms in total. The molecule has 0 aliphatic heterocycles. The van der Waals surface area contributed by atoms with Crippen molar-refractivity contribution in [1.82, 2.24) is 0 Å². The van der Waals surface area contributed by atoms with Crippen molar-refractivity contribution < 1.29 is 29.7 Å². The molecule has 0 amide bonds. The standard InChI is InChI=1S/C55H104O6/c1-3-5-7-9-11-13-15-17-19-22-26-30-34-38-42-46-51(57)50(45-41-37-33-29-25-16-14-12-10-8-6-4-2)52(58)47-43-39-35-31-27-23-20-18-21-24-28-32-36-40-44-48-53(59)55(61)54(60)49-56/h17,19,50,54-56,60-61H,3-16,18,20-49H2,1-2H3/b19-17-. The van der Waals surface area contributed by atoms with Crippen LogP contribution in [0.5, 0.6) is 0 Å². The third kappa shape index (κ3) is 41.1. The lowest BCUT2D eigenvalue weighted by molar-refractivity contribution is -0.135. The van der Waals surface area contributed by atoms with Crippen LogP contribution in [-0.4, -0.2) is 51.5 Å². The lowest BCUT2D eigenvalue weighted by Crippen LogP contribution is -2.36. The fourth-order valence-corrected chi connectivity index (χ4v) is 8.77. The van der Waals surface area contributed by atoms with Gasteiger partial charge in [0.2, 0.25) is 0 Å². The van der Waals surface area contributed by atoms with Gasteiger partial charge in [-0.3, -0.25) is 14.4 Å². The van der Waals surface area contributed by atoms with Crippen LogP contribution in [0.1, 0.15) is 296 Å². The van der Waals surface area contributed by atoms with Crippen LogP contribution in [-0.2, 0) is 14.4 Å². The second-order valence-corrected chi connectivity index (χ2v) is 19.0. The third-order valence-corrected chi connectivity index (χ3v) is 13.0. The first-order valence-electron chi connectivity index (χ1n) is 27.1. The van der Waals surface area contributed by atoms with Gasteiger partial charge < -0.3 is 15.3 Å². The molecule has 0 rings (SSSR count). The zero-order valence-corrected chi connectivity index (χ0v) is 40.8. The van der Waals surface area contributed by atoms with Crippen molar-refractivity contribution in [3.63, 3.8) is 0 Å². The van der Waals surface area contributed by atoms with E-state index < -0.39 is 18.8 Å². The second-order valence-electron chi connectivity index (χ2n) is 19.0. The maximum Gasteiger partial charge on any atom is 0.164 e. The highest BCUT2D eigenvalue weighted by Crippen LogP contribution is 2.22. The molecule has 0 aliphatic carbocycles. The average Bonchev–Trinajstić information content (AvgIpc) is 3.26. The molecule has 61 heavy (non-hydrogen) atoms. The van der Waals surface area contributed by atoms with Gasteiger partial charge in [-0.25, -0.2) is 0 Å². The highest BCUT2D eigenvalue weighted by atomic mass is 16.4. The van der Waals surface area contributed by atoms with E-state index in [-0.39, 0.29) is 29.7 Å². The minimum atomic E-state index is -1.47. The Hall–Kier alpha value is -1.37. The highest BCUT2D eigenvalue weighted by molar-refractivity contribution is 6.02. The first-order chi connectivity index (χ1) is 29.9. The van der Waals surface area contributed by atoms with Crippen molar-refractivity contribution in [2.24, 2.45) is 5.92 Å². The van der Waals surface area contributed by atoms with Crippen LogP contribution in [0.3, 0.4) is 0 Å². The molecule has 0 spiro atoms. The van der Waals surface area contributed by atoms with E-state index in [0.29, 0.717) is 12.8 Å². The fourth-order valence-electron chi connectivity index (χ4n) is 8.77. The van der Waals surface area contributed by atoms with Crippen molar-refractivity contribution in [2.45, 2.75) is 309 Å². The summed E-state index contributed by atoms with van der Waals surface area (Å²) in [6.45, 7) is 3.95. The Morgan fingerprint density at radius 3 is 0.934 bits per heavy atom. The number of rotatable bonds is 51. The normalized spacial score (nSPS) is 13.3. The molecular weight excluding hydrogens is 757 g/mol. The minimum Gasteiger partial charge on any atom is -0.394 e. The molecule has 6 heteroatoms. The molecule has 0 fully saturated rings. The minimum absolute atomic E-state index is 0.228. The van der Waals surface area contributed by atoms with Crippen LogP contribution in [0.15, 0.2) is 12.2 Å². The van der Waals surface area contributed by atoms with Crippen LogP contribution in [0.2, 0.25) is 0 Å². The zero-order chi connectivity index (χ0) is 44.7. The van der Waals surface area contributed by atoms with Crippen LogP contribution in [0, 0.1) is 5.92 Å². The molecular formula is C55H104O6. The summed E-state index contributed by atoms with van der Waals surface area (Å²) < 4.78 is 0. The van der Waals surface area contributed by atoms with Crippen molar-refractivity contribution >= 4 is 17.3 Å². The molecule has 0 aromatic rings. The Balaban J connectivity index is 4.19. The third-order valence-electron chi connectivity index (χ3n) is 13.0. The van der Waals surface area contributed by atoms with E-state index >= 15 is 0 Å². The summed E-state index contributed by atoms with van der Waals surface area (Å²) >= 11 is 0. The van der Waals surface area contributed by atoms with Gasteiger partial charge in [-0.15, -0.1) is 0 Å². The number of unbranched alkanes of at least 4 members (excludes halogenated alkanes) is 36. The molecule has 0 radical (unpaired) electrons. The van der Waals surface area contributed by atoms with Gasteiger partial charge in [-0.05, 0) is 51.4 Å². The SMILES string of the molecule is CCCCCCCC/C=C\CCCCCCCC(=O)C(CCCCCCCCCCCCCC)C(=O)CCCCCCCCCCCCCCCCCC(=O)C(O)C(O)CO. The number of ketones is 3. The molecule has 0 saturated carbocycles. The molecule has 3 N–H and O–H groups in total. The van der Waals surface area contributed by atoms with Gasteiger partial charge in [-0.1, -0.05) is 238 Å². The van der Waals surface area contributed by atoms with Crippen LogP contribution in [0.25, 0.3) is 0 Å². The maximum absolute atomic E-state index is 13.4. The predicted molar refractivity (Wildman–Crippen MR) is 261 cm³/mol. The smallest absolute Gasteiger partial charge is 0.164 e. The molecule has 360 valence electrons. The molecule has 0 aliphatic rings. The summed E-state index contributed by atoms with van der Waals surface area (Å²) in [6.07, 6.45) is 53.3. The average molecular weight is 861 g/mol. The molecule has 0 aromatic carbocycles. The van der Waals surface area contributed by atoms with Crippen molar-refractivity contribution in [3.8, 4) is 0 Å². The molecule has 0 saturated heterocycles. The quantitative estimate of drug-likeness (QED) is 0.0319. The van der Waals surface area contributed by atoms with E-state index in [1.807, 2.05) is 0 Å². The zero-order valence-electron chi connectivity index (χ0n) is 40.8. The largest absolute Gasteiger partial charge is 0.394 e. The summed E-state index contributed by atoms with van der Waals surface area (Å²) in [4.78, 5) is 38.7. The lowest BCUT2D eigenvalue weighted by atomic mass is 9.87. The van der Waals surface area contributed by atoms with Gasteiger partial charge in [-0.2, -0.15) is 0 Å². The number of hydrogen-bond acceptors (Lipinski definition) is 6. The van der Waals surface area contributed by atoms with E-state index in [9.17, 15) is 24.6 Å². The molecule has 3 atom stereocenters. The summed E-state index contributed by atoms with van der Waals surface area (Å²) in [7, 11) is 0. The number of Topliss-reactive ketones (excluding diaryl/α,β-unsaturated/α-hetero) is 3. The number of allylic oxidation sites excluding steroid dienone is 2. The number of hydrogen-bond donors (Lipinski definition) is 3. The van der Waals surface area contributed by atoms with Gasteiger partial charge in [0.1, 0.15) is 23.8 Å². The summed E-state index contributed by atoms with van der Waals surface area (Å²) in [6, 6.07) is 0. The highest BCUT2D eigenvalue weighted by Gasteiger charge is 2.25. The second kappa shape index (κ2) is 48.1. The summed E-state index contributed by atoms with van der Waals surface area (Å²) in [5, 5.41) is 27.8. The molecule has 0 bridgehead atoms. The van der Waals surface area contributed by atoms with E-state index in [0.717, 1.165) is 64.2 Å². The first-order valence-corrected chi connectivity index (χ1v) is 27.1. The van der Waals surface area contributed by atoms with Gasteiger partial charge in [0.15, 0.2) is 5.78 Å². The Morgan fingerprint density at radius 2 is 0.623 bits per heavy atom. The topological polar surface area (TPSA) is 112 Å². The monoisotopic (exact) mass is 861 g/mol. The lowest BCUT2D eigenvalue weighted by Gasteiger charge is -2.15. The summed E-state index contributed by atoms with van der Waals surface area (Å²) in [5.41, 5.74) is 0. The molecule has 0 aromatic heterocycles. The van der Waals surface area contributed by atoms with E-state index in [4.69, 9.17) is 5.11 Å². The Bertz CT molecular complexity index is 977. The van der Waals surface area contributed by atoms with E-state index in [2.05, 4.69) is 26.0 Å².